The number of likely N-dealkylation sites (tertiary alicyclic amines) is 1. The molecule has 4 aliphatic rings. The van der Waals surface area contributed by atoms with E-state index in [-0.39, 0.29) is 36.9 Å². The van der Waals surface area contributed by atoms with Crippen molar-refractivity contribution in [1.82, 2.24) is 9.80 Å². The largest absolute Gasteiger partial charge is 0.481 e. The van der Waals surface area contributed by atoms with Crippen LogP contribution in [0.3, 0.4) is 0 Å². The molecule has 0 unspecified atom stereocenters. The molecule has 0 radical (unpaired) electrons. The Morgan fingerprint density at radius 3 is 2.13 bits per heavy atom. The Morgan fingerprint density at radius 2 is 1.39 bits per heavy atom. The highest BCUT2D eigenvalue weighted by Gasteiger charge is 2.50. The fourth-order valence-corrected chi connectivity index (χ4v) is 7.97. The van der Waals surface area contributed by atoms with Gasteiger partial charge in [-0.3, -0.25) is 19.3 Å². The van der Waals surface area contributed by atoms with E-state index in [4.69, 9.17) is 4.74 Å². The van der Waals surface area contributed by atoms with Gasteiger partial charge in [0.15, 0.2) is 0 Å². The molecule has 4 atom stereocenters. The zero-order valence-corrected chi connectivity index (χ0v) is 25.8. The highest BCUT2D eigenvalue weighted by Crippen LogP contribution is 2.42. The van der Waals surface area contributed by atoms with Gasteiger partial charge in [-0.25, -0.2) is 4.79 Å². The predicted octanol–water partition coefficient (Wildman–Crippen LogP) is 5.66. The number of benzene rings is 3. The van der Waals surface area contributed by atoms with Gasteiger partial charge in [-0.05, 0) is 73.3 Å². The number of ether oxygens (including phenoxy) is 1. The van der Waals surface area contributed by atoms with Crippen molar-refractivity contribution in [3.05, 3.63) is 101 Å². The maximum atomic E-state index is 14.9. The quantitative estimate of drug-likeness (QED) is 0.381. The second-order valence-corrected chi connectivity index (χ2v) is 13.0. The molecule has 1 saturated heterocycles. The number of amides is 3. The van der Waals surface area contributed by atoms with Gasteiger partial charge in [0.25, 0.3) is 0 Å². The summed E-state index contributed by atoms with van der Waals surface area (Å²) in [5.74, 6) is -1.51. The third-order valence-corrected chi connectivity index (χ3v) is 10.2. The molecular formula is C37H39N3O6. The maximum absolute atomic E-state index is 14.9. The van der Waals surface area contributed by atoms with E-state index in [0.29, 0.717) is 31.4 Å². The first-order valence-electron chi connectivity index (χ1n) is 16.4. The summed E-state index contributed by atoms with van der Waals surface area (Å²) in [5.41, 5.74) is 4.50. The summed E-state index contributed by atoms with van der Waals surface area (Å²) >= 11 is 0. The smallest absolute Gasteiger partial charge is 0.415 e. The molecule has 46 heavy (non-hydrogen) atoms. The van der Waals surface area contributed by atoms with Crippen LogP contribution in [0.15, 0.2) is 78.9 Å². The van der Waals surface area contributed by atoms with Crippen molar-refractivity contribution in [2.75, 3.05) is 4.90 Å². The van der Waals surface area contributed by atoms with Crippen molar-refractivity contribution in [2.24, 2.45) is 0 Å². The number of carbonyl (C=O) groups excluding carboxylic acids is 3. The molecule has 0 spiro atoms. The molecule has 3 aromatic carbocycles. The summed E-state index contributed by atoms with van der Waals surface area (Å²) in [7, 11) is 0. The number of anilines is 1. The van der Waals surface area contributed by atoms with Gasteiger partial charge >= 0.3 is 12.1 Å². The Bertz CT molecular complexity index is 1640. The number of nitrogens with zero attached hydrogens (tertiary/aromatic N) is 3. The first-order valence-corrected chi connectivity index (χ1v) is 16.4. The van der Waals surface area contributed by atoms with E-state index < -0.39 is 30.2 Å². The number of carbonyl (C=O) groups is 4. The van der Waals surface area contributed by atoms with Crippen LogP contribution in [0.1, 0.15) is 73.2 Å². The Labute approximate surface area is 268 Å². The highest BCUT2D eigenvalue weighted by molar-refractivity contribution is 6.02. The normalized spacial score (nSPS) is 24.0. The van der Waals surface area contributed by atoms with Gasteiger partial charge in [0.05, 0.1) is 18.2 Å². The number of rotatable bonds is 6. The summed E-state index contributed by atoms with van der Waals surface area (Å²) in [6, 6.07) is 22.5. The van der Waals surface area contributed by atoms with Crippen LogP contribution in [0.2, 0.25) is 0 Å². The van der Waals surface area contributed by atoms with Crippen LogP contribution in [-0.2, 0) is 38.5 Å². The van der Waals surface area contributed by atoms with Crippen LogP contribution in [0, 0.1) is 0 Å². The number of para-hydroxylation sites is 1. The van der Waals surface area contributed by atoms with Crippen LogP contribution >= 0.6 is 0 Å². The molecule has 7 rings (SSSR count). The Balaban J connectivity index is 1.23. The summed E-state index contributed by atoms with van der Waals surface area (Å²) in [6.45, 7) is 0.288. The summed E-state index contributed by atoms with van der Waals surface area (Å²) in [6.07, 6.45) is 4.56. The van der Waals surface area contributed by atoms with Crippen molar-refractivity contribution in [2.45, 2.75) is 94.6 Å². The fourth-order valence-electron chi connectivity index (χ4n) is 7.97. The van der Waals surface area contributed by atoms with E-state index in [0.717, 1.165) is 47.9 Å². The number of aliphatic carboxylic acids is 1. The molecule has 0 bridgehead atoms. The fraction of sp³-hybridized carbons (Fsp3) is 0.405. The lowest BCUT2D eigenvalue weighted by atomic mass is 9.91. The number of carboxylic acids is 1. The zero-order valence-electron chi connectivity index (χ0n) is 25.8. The topological polar surface area (TPSA) is 107 Å². The van der Waals surface area contributed by atoms with E-state index in [1.165, 1.54) is 4.90 Å². The lowest BCUT2D eigenvalue weighted by Gasteiger charge is -2.41. The molecule has 3 aromatic rings. The van der Waals surface area contributed by atoms with Crippen molar-refractivity contribution >= 4 is 29.6 Å². The molecule has 1 N–H and O–H groups in total. The van der Waals surface area contributed by atoms with Gasteiger partial charge in [0.1, 0.15) is 18.2 Å². The lowest BCUT2D eigenvalue weighted by molar-refractivity contribution is -0.150. The minimum absolute atomic E-state index is 0.164. The molecule has 3 heterocycles. The van der Waals surface area contributed by atoms with Crippen LogP contribution in [0.25, 0.3) is 0 Å². The molecule has 0 aromatic heterocycles. The first kappa shape index (κ1) is 30.0. The van der Waals surface area contributed by atoms with Gasteiger partial charge in [-0.15, -0.1) is 0 Å². The molecule has 3 aliphatic heterocycles. The summed E-state index contributed by atoms with van der Waals surface area (Å²) in [5, 5.41) is 9.77. The summed E-state index contributed by atoms with van der Waals surface area (Å²) in [4.78, 5) is 60.1. The Kier molecular flexibility index (Phi) is 8.23. The van der Waals surface area contributed by atoms with Crippen molar-refractivity contribution in [3.63, 3.8) is 0 Å². The average molecular weight is 622 g/mol. The minimum atomic E-state index is -0.969. The monoisotopic (exact) mass is 621 g/mol. The minimum Gasteiger partial charge on any atom is -0.481 e. The molecule has 9 heteroatoms. The van der Waals surface area contributed by atoms with Gasteiger partial charge in [-0.1, -0.05) is 72.8 Å². The van der Waals surface area contributed by atoms with Crippen molar-refractivity contribution in [3.8, 4) is 0 Å². The van der Waals surface area contributed by atoms with Crippen LogP contribution in [-0.4, -0.2) is 63.0 Å². The molecule has 238 valence electrons. The molecular weight excluding hydrogens is 582 g/mol. The molecule has 2 fully saturated rings. The third kappa shape index (κ3) is 5.63. The molecule has 3 amide bonds. The maximum Gasteiger partial charge on any atom is 0.415 e. The van der Waals surface area contributed by atoms with Crippen LogP contribution in [0.4, 0.5) is 10.5 Å². The molecule has 9 nitrogen and oxygen atoms in total. The number of carboxylic acid groups (broad SMARTS) is 1. The zero-order chi connectivity index (χ0) is 31.8. The number of hydrogen-bond acceptors (Lipinski definition) is 5. The third-order valence-electron chi connectivity index (χ3n) is 10.2. The first-order chi connectivity index (χ1) is 22.4. The van der Waals surface area contributed by atoms with Crippen LogP contribution in [0.5, 0.6) is 0 Å². The lowest BCUT2D eigenvalue weighted by Crippen LogP contribution is -2.57. The second kappa shape index (κ2) is 12.6. The van der Waals surface area contributed by atoms with E-state index in [1.807, 2.05) is 78.9 Å². The van der Waals surface area contributed by atoms with Gasteiger partial charge < -0.3 is 19.6 Å². The van der Waals surface area contributed by atoms with Crippen molar-refractivity contribution in [1.29, 1.82) is 0 Å². The standard InChI is InChI=1S/C37H39N3O6/c41-34(42)22-28-20-25-12-4-5-14-27(25)23-38(28)35(43)32-19-18-31(24-10-2-1-3-11-24)39(32)36(44)33-21-26-13-6-9-17-30(26)40(33)37(45)46-29-15-7-8-16-29/h1-6,9-14,17,28-29,31-33H,7-8,15-16,18-23H2,(H,41,42)/t28-,31+,32-,33-/m1/s1. The predicted molar refractivity (Wildman–Crippen MR) is 171 cm³/mol. The van der Waals surface area contributed by atoms with Crippen LogP contribution < -0.4 is 4.90 Å². The van der Waals surface area contributed by atoms with Gasteiger partial charge in [0, 0.05) is 19.0 Å². The Morgan fingerprint density at radius 1 is 0.717 bits per heavy atom. The van der Waals surface area contributed by atoms with E-state index in [9.17, 15) is 24.3 Å². The number of hydrogen-bond donors (Lipinski definition) is 1. The molecule has 1 saturated carbocycles. The molecule has 1 aliphatic carbocycles. The van der Waals surface area contributed by atoms with E-state index >= 15 is 0 Å². The Hall–Kier alpha value is -4.66. The van der Waals surface area contributed by atoms with E-state index in [2.05, 4.69) is 0 Å². The highest BCUT2D eigenvalue weighted by atomic mass is 16.6. The average Bonchev–Trinajstić information content (AvgIpc) is 3.83. The van der Waals surface area contributed by atoms with Crippen molar-refractivity contribution < 1.29 is 29.0 Å². The van der Waals surface area contributed by atoms with Gasteiger partial charge in [0.2, 0.25) is 11.8 Å². The SMILES string of the molecule is O=C(O)C[C@H]1Cc2ccccc2CN1C(=O)[C@H]1CC[C@@H](c2ccccc2)N1C(=O)[C@H]1Cc2ccccc2N1C(=O)OC1CCCC1. The number of fused-ring (bicyclic) bond motifs is 2. The summed E-state index contributed by atoms with van der Waals surface area (Å²) < 4.78 is 5.95. The second-order valence-electron chi connectivity index (χ2n) is 13.0. The van der Waals surface area contributed by atoms with E-state index in [1.54, 1.807) is 9.80 Å². The van der Waals surface area contributed by atoms with Gasteiger partial charge in [-0.2, -0.15) is 0 Å².